The first kappa shape index (κ1) is 14.4. The third-order valence-corrected chi connectivity index (χ3v) is 2.68. The van der Waals surface area contributed by atoms with Gasteiger partial charge >= 0.3 is 6.36 Å². The Labute approximate surface area is 113 Å². The van der Waals surface area contributed by atoms with E-state index in [-0.39, 0.29) is 12.0 Å². The first-order valence-electron chi connectivity index (χ1n) is 5.86. The summed E-state index contributed by atoms with van der Waals surface area (Å²) in [6, 6.07) is 7.22. The molecule has 0 aliphatic carbocycles. The number of aromatic nitrogens is 2. The van der Waals surface area contributed by atoms with Gasteiger partial charge in [-0.1, -0.05) is 18.2 Å². The molecule has 1 heterocycles. The van der Waals surface area contributed by atoms with Crippen molar-refractivity contribution in [1.82, 2.24) is 9.78 Å². The van der Waals surface area contributed by atoms with Gasteiger partial charge in [-0.2, -0.15) is 5.10 Å². The van der Waals surface area contributed by atoms with Crippen LogP contribution in [0.15, 0.2) is 36.5 Å². The highest BCUT2D eigenvalue weighted by Gasteiger charge is 2.32. The van der Waals surface area contributed by atoms with E-state index in [1.807, 2.05) is 0 Å². The normalized spacial score (nSPS) is 13.2. The molecule has 1 N–H and O–H groups in total. The zero-order chi connectivity index (χ0) is 14.8. The van der Waals surface area contributed by atoms with Crippen molar-refractivity contribution in [1.29, 1.82) is 0 Å². The smallest absolute Gasteiger partial charge is 0.405 e. The number of aliphatic hydroxyl groups excluding tert-OH is 1. The molecule has 0 saturated heterocycles. The van der Waals surface area contributed by atoms with Gasteiger partial charge < -0.3 is 9.84 Å². The molecule has 1 unspecified atom stereocenters. The van der Waals surface area contributed by atoms with Gasteiger partial charge in [0.2, 0.25) is 0 Å². The second kappa shape index (κ2) is 5.54. The SMILES string of the molecule is Cn1ccc(CC(O)c2ccccc2OC(F)(F)F)n1. The highest BCUT2D eigenvalue weighted by Crippen LogP contribution is 2.31. The van der Waals surface area contributed by atoms with Gasteiger partial charge in [0.15, 0.2) is 0 Å². The zero-order valence-electron chi connectivity index (χ0n) is 10.6. The maximum atomic E-state index is 12.3. The molecule has 0 spiro atoms. The van der Waals surface area contributed by atoms with E-state index in [9.17, 15) is 18.3 Å². The molecule has 0 saturated carbocycles. The minimum absolute atomic E-state index is 0.0791. The number of nitrogens with zero attached hydrogens (tertiary/aromatic N) is 2. The van der Waals surface area contributed by atoms with Crippen LogP contribution in [-0.2, 0) is 13.5 Å². The molecule has 0 amide bonds. The molecule has 2 rings (SSSR count). The Hall–Kier alpha value is -2.02. The number of halogens is 3. The van der Waals surface area contributed by atoms with Crippen molar-refractivity contribution in [2.75, 3.05) is 0 Å². The Balaban J connectivity index is 2.19. The van der Waals surface area contributed by atoms with Crippen molar-refractivity contribution < 1.29 is 23.0 Å². The van der Waals surface area contributed by atoms with Crippen LogP contribution in [0.5, 0.6) is 5.75 Å². The standard InChI is InChI=1S/C13H13F3N2O2/c1-18-7-6-9(17-18)8-11(19)10-4-2-3-5-12(10)20-13(14,15)16/h2-7,11,19H,8H2,1H3. The number of hydrogen-bond acceptors (Lipinski definition) is 3. The summed E-state index contributed by atoms with van der Waals surface area (Å²) < 4.78 is 42.4. The Morgan fingerprint density at radius 2 is 2.00 bits per heavy atom. The highest BCUT2D eigenvalue weighted by molar-refractivity contribution is 5.35. The van der Waals surface area contributed by atoms with E-state index in [0.717, 1.165) is 0 Å². The number of alkyl halides is 3. The summed E-state index contributed by atoms with van der Waals surface area (Å²) in [4.78, 5) is 0. The molecule has 0 aliphatic rings. The fraction of sp³-hybridized carbons (Fsp3) is 0.308. The molecule has 1 aromatic heterocycles. The van der Waals surface area contributed by atoms with Crippen molar-refractivity contribution in [2.45, 2.75) is 18.9 Å². The lowest BCUT2D eigenvalue weighted by molar-refractivity contribution is -0.275. The number of hydrogen-bond donors (Lipinski definition) is 1. The van der Waals surface area contributed by atoms with Crippen LogP contribution in [0.2, 0.25) is 0 Å². The summed E-state index contributed by atoms with van der Waals surface area (Å²) in [5.74, 6) is -0.400. The lowest BCUT2D eigenvalue weighted by atomic mass is 10.0. The summed E-state index contributed by atoms with van der Waals surface area (Å²) in [6.45, 7) is 0. The first-order valence-corrected chi connectivity index (χ1v) is 5.86. The zero-order valence-corrected chi connectivity index (χ0v) is 10.6. The van der Waals surface area contributed by atoms with E-state index in [0.29, 0.717) is 5.69 Å². The monoisotopic (exact) mass is 286 g/mol. The van der Waals surface area contributed by atoms with Crippen molar-refractivity contribution in [3.05, 3.63) is 47.8 Å². The van der Waals surface area contributed by atoms with Gasteiger partial charge in [0.05, 0.1) is 11.8 Å². The maximum absolute atomic E-state index is 12.3. The van der Waals surface area contributed by atoms with E-state index in [4.69, 9.17) is 0 Å². The Bertz CT molecular complexity index is 581. The van der Waals surface area contributed by atoms with Crippen LogP contribution in [0.25, 0.3) is 0 Å². The van der Waals surface area contributed by atoms with E-state index in [1.54, 1.807) is 30.1 Å². The summed E-state index contributed by atoms with van der Waals surface area (Å²) in [5, 5.41) is 14.1. The quantitative estimate of drug-likeness (QED) is 0.939. The fourth-order valence-corrected chi connectivity index (χ4v) is 1.85. The molecule has 108 valence electrons. The van der Waals surface area contributed by atoms with Crippen LogP contribution in [0.4, 0.5) is 13.2 Å². The molecule has 20 heavy (non-hydrogen) atoms. The Kier molecular flexibility index (Phi) is 3.99. The van der Waals surface area contributed by atoms with Crippen LogP contribution in [0.1, 0.15) is 17.4 Å². The number of benzene rings is 1. The van der Waals surface area contributed by atoms with Gasteiger partial charge in [-0.25, -0.2) is 0 Å². The van der Waals surface area contributed by atoms with Gasteiger partial charge in [-0.05, 0) is 12.1 Å². The van der Waals surface area contributed by atoms with E-state index >= 15 is 0 Å². The number of aliphatic hydroxyl groups is 1. The van der Waals surface area contributed by atoms with Crippen LogP contribution in [0, 0.1) is 0 Å². The molecule has 4 nitrogen and oxygen atoms in total. The molecule has 1 atom stereocenters. The average Bonchev–Trinajstić information content (AvgIpc) is 2.73. The minimum atomic E-state index is -4.79. The third kappa shape index (κ3) is 3.74. The van der Waals surface area contributed by atoms with Crippen LogP contribution in [-0.4, -0.2) is 21.2 Å². The average molecular weight is 286 g/mol. The van der Waals surface area contributed by atoms with Crippen molar-refractivity contribution in [3.63, 3.8) is 0 Å². The van der Waals surface area contributed by atoms with Gasteiger partial charge in [0.25, 0.3) is 0 Å². The predicted octanol–water partition coefficient (Wildman–Crippen LogP) is 2.59. The van der Waals surface area contributed by atoms with Gasteiger partial charge in [0, 0.05) is 25.2 Å². The minimum Gasteiger partial charge on any atom is -0.405 e. The molecule has 2 aromatic rings. The van der Waals surface area contributed by atoms with E-state index < -0.39 is 18.2 Å². The molecule has 0 fully saturated rings. The van der Waals surface area contributed by atoms with Crippen LogP contribution < -0.4 is 4.74 Å². The summed E-state index contributed by atoms with van der Waals surface area (Å²) in [5.41, 5.74) is 0.664. The summed E-state index contributed by atoms with van der Waals surface area (Å²) in [7, 11) is 1.72. The third-order valence-electron chi connectivity index (χ3n) is 2.68. The summed E-state index contributed by atoms with van der Waals surface area (Å²) >= 11 is 0. The highest BCUT2D eigenvalue weighted by atomic mass is 19.4. The molecule has 1 aromatic carbocycles. The number of ether oxygens (including phenoxy) is 1. The topological polar surface area (TPSA) is 47.3 Å². The predicted molar refractivity (Wildman–Crippen MR) is 65.0 cm³/mol. The Morgan fingerprint density at radius 1 is 1.30 bits per heavy atom. The molecular formula is C13H13F3N2O2. The molecular weight excluding hydrogens is 273 g/mol. The van der Waals surface area contributed by atoms with Crippen molar-refractivity contribution >= 4 is 0 Å². The van der Waals surface area contributed by atoms with E-state index in [1.165, 1.54) is 18.2 Å². The molecule has 0 aliphatic heterocycles. The van der Waals surface area contributed by atoms with Gasteiger partial charge in [-0.3, -0.25) is 4.68 Å². The van der Waals surface area contributed by atoms with E-state index in [2.05, 4.69) is 9.84 Å². The lowest BCUT2D eigenvalue weighted by Gasteiger charge is -2.16. The van der Waals surface area contributed by atoms with Gasteiger partial charge in [0.1, 0.15) is 5.75 Å². The molecule has 0 bridgehead atoms. The number of aryl methyl sites for hydroxylation is 1. The van der Waals surface area contributed by atoms with Crippen LogP contribution in [0.3, 0.4) is 0 Å². The van der Waals surface area contributed by atoms with Crippen molar-refractivity contribution in [3.8, 4) is 5.75 Å². The first-order chi connectivity index (χ1) is 9.35. The number of para-hydroxylation sites is 1. The number of rotatable bonds is 4. The van der Waals surface area contributed by atoms with Crippen LogP contribution >= 0.6 is 0 Å². The summed E-state index contributed by atoms with van der Waals surface area (Å²) in [6.07, 6.45) is -4.11. The Morgan fingerprint density at radius 3 is 2.60 bits per heavy atom. The fourth-order valence-electron chi connectivity index (χ4n) is 1.85. The second-order valence-electron chi connectivity index (χ2n) is 4.29. The molecule has 7 heteroatoms. The lowest BCUT2D eigenvalue weighted by Crippen LogP contribution is -2.19. The maximum Gasteiger partial charge on any atom is 0.573 e. The second-order valence-corrected chi connectivity index (χ2v) is 4.29. The molecule has 0 radical (unpaired) electrons. The van der Waals surface area contributed by atoms with Crippen molar-refractivity contribution in [2.24, 2.45) is 7.05 Å². The largest absolute Gasteiger partial charge is 0.573 e. The van der Waals surface area contributed by atoms with Gasteiger partial charge in [-0.15, -0.1) is 13.2 Å².